The van der Waals surface area contributed by atoms with E-state index in [0.717, 1.165) is 31.6 Å². The normalized spacial score (nSPS) is 14.5. The Bertz CT molecular complexity index is 754. The Morgan fingerprint density at radius 2 is 1.70 bits per heavy atom. The number of ether oxygens (including phenoxy) is 1. The number of carbonyl (C=O) groups is 2. The van der Waals surface area contributed by atoms with E-state index in [-0.39, 0.29) is 11.8 Å². The SMILES string of the molecule is CCNC(=O)C1CCN(c2ccc(NC(=O)Oc3ccccc3)cc2)CC1. The highest BCUT2D eigenvalue weighted by atomic mass is 16.6. The molecule has 1 saturated heterocycles. The van der Waals surface area contributed by atoms with Crippen molar-refractivity contribution in [1.82, 2.24) is 5.32 Å². The van der Waals surface area contributed by atoms with Crippen LogP contribution in [0.4, 0.5) is 16.2 Å². The molecule has 1 heterocycles. The van der Waals surface area contributed by atoms with Gasteiger partial charge in [0.2, 0.25) is 5.91 Å². The minimum absolute atomic E-state index is 0.106. The molecular weight excluding hydrogens is 342 g/mol. The van der Waals surface area contributed by atoms with Gasteiger partial charge in [-0.15, -0.1) is 0 Å². The summed E-state index contributed by atoms with van der Waals surface area (Å²) in [7, 11) is 0. The average Bonchev–Trinajstić information content (AvgIpc) is 2.69. The summed E-state index contributed by atoms with van der Waals surface area (Å²) in [4.78, 5) is 26.1. The van der Waals surface area contributed by atoms with Crippen molar-refractivity contribution >= 4 is 23.4 Å². The van der Waals surface area contributed by atoms with E-state index in [1.165, 1.54) is 0 Å². The summed E-state index contributed by atoms with van der Waals surface area (Å²) in [5.74, 6) is 0.769. The first-order valence-corrected chi connectivity index (χ1v) is 9.32. The van der Waals surface area contributed by atoms with Crippen LogP contribution in [0.25, 0.3) is 0 Å². The maximum absolute atomic E-state index is 11.9. The lowest BCUT2D eigenvalue weighted by Gasteiger charge is -2.33. The van der Waals surface area contributed by atoms with Crippen molar-refractivity contribution in [3.05, 3.63) is 54.6 Å². The van der Waals surface area contributed by atoms with Crippen LogP contribution in [-0.2, 0) is 4.79 Å². The number of hydrogen-bond acceptors (Lipinski definition) is 4. The molecule has 0 radical (unpaired) electrons. The lowest BCUT2D eigenvalue weighted by atomic mass is 9.95. The van der Waals surface area contributed by atoms with E-state index < -0.39 is 6.09 Å². The molecule has 3 rings (SSSR count). The maximum Gasteiger partial charge on any atom is 0.417 e. The number of rotatable bonds is 5. The third-order valence-corrected chi connectivity index (χ3v) is 4.65. The van der Waals surface area contributed by atoms with Crippen LogP contribution in [0.5, 0.6) is 5.75 Å². The number of benzene rings is 2. The van der Waals surface area contributed by atoms with Gasteiger partial charge >= 0.3 is 6.09 Å². The lowest BCUT2D eigenvalue weighted by molar-refractivity contribution is -0.125. The van der Waals surface area contributed by atoms with Crippen molar-refractivity contribution in [2.45, 2.75) is 19.8 Å². The second-order valence-corrected chi connectivity index (χ2v) is 6.53. The van der Waals surface area contributed by atoms with Gasteiger partial charge in [-0.3, -0.25) is 10.1 Å². The fourth-order valence-corrected chi connectivity index (χ4v) is 3.21. The van der Waals surface area contributed by atoms with E-state index in [1.807, 2.05) is 49.4 Å². The van der Waals surface area contributed by atoms with E-state index in [2.05, 4.69) is 15.5 Å². The zero-order valence-electron chi connectivity index (χ0n) is 15.5. The maximum atomic E-state index is 11.9. The Morgan fingerprint density at radius 1 is 1.04 bits per heavy atom. The predicted molar refractivity (Wildman–Crippen MR) is 106 cm³/mol. The highest BCUT2D eigenvalue weighted by molar-refractivity contribution is 5.86. The summed E-state index contributed by atoms with van der Waals surface area (Å²) < 4.78 is 5.22. The minimum Gasteiger partial charge on any atom is -0.410 e. The first-order chi connectivity index (χ1) is 13.2. The number of piperidine rings is 1. The smallest absolute Gasteiger partial charge is 0.410 e. The summed E-state index contributed by atoms with van der Waals surface area (Å²) in [6, 6.07) is 16.6. The van der Waals surface area contributed by atoms with Crippen LogP contribution in [0.2, 0.25) is 0 Å². The molecule has 1 aliphatic heterocycles. The zero-order valence-corrected chi connectivity index (χ0v) is 15.5. The highest BCUT2D eigenvalue weighted by Gasteiger charge is 2.24. The Morgan fingerprint density at radius 3 is 2.33 bits per heavy atom. The monoisotopic (exact) mass is 367 g/mol. The molecule has 142 valence electrons. The number of carbonyl (C=O) groups excluding carboxylic acids is 2. The van der Waals surface area contributed by atoms with Gasteiger partial charge in [0.05, 0.1) is 0 Å². The third kappa shape index (κ3) is 5.23. The highest BCUT2D eigenvalue weighted by Crippen LogP contribution is 2.25. The van der Waals surface area contributed by atoms with Crippen LogP contribution in [-0.4, -0.2) is 31.6 Å². The molecule has 6 heteroatoms. The van der Waals surface area contributed by atoms with Crippen LogP contribution in [0, 0.1) is 5.92 Å². The molecule has 27 heavy (non-hydrogen) atoms. The van der Waals surface area contributed by atoms with Crippen molar-refractivity contribution < 1.29 is 14.3 Å². The molecule has 0 atom stereocenters. The fraction of sp³-hybridized carbons (Fsp3) is 0.333. The van der Waals surface area contributed by atoms with Gasteiger partial charge in [0.1, 0.15) is 5.75 Å². The number of nitrogens with zero attached hydrogens (tertiary/aromatic N) is 1. The van der Waals surface area contributed by atoms with Crippen LogP contribution in [0.1, 0.15) is 19.8 Å². The summed E-state index contributed by atoms with van der Waals surface area (Å²) in [5, 5.41) is 5.63. The summed E-state index contributed by atoms with van der Waals surface area (Å²) in [6.07, 6.45) is 1.20. The van der Waals surface area contributed by atoms with Gasteiger partial charge in [0, 0.05) is 36.9 Å². The van der Waals surface area contributed by atoms with E-state index >= 15 is 0 Å². The number of amides is 2. The fourth-order valence-electron chi connectivity index (χ4n) is 3.21. The van der Waals surface area contributed by atoms with Gasteiger partial charge in [-0.25, -0.2) is 4.79 Å². The first kappa shape index (κ1) is 18.8. The average molecular weight is 367 g/mol. The molecule has 6 nitrogen and oxygen atoms in total. The Balaban J connectivity index is 1.50. The van der Waals surface area contributed by atoms with Gasteiger partial charge in [-0.1, -0.05) is 18.2 Å². The topological polar surface area (TPSA) is 70.7 Å². The Hall–Kier alpha value is -3.02. The number of hydrogen-bond donors (Lipinski definition) is 2. The quantitative estimate of drug-likeness (QED) is 0.846. The zero-order chi connectivity index (χ0) is 19.1. The van der Waals surface area contributed by atoms with E-state index in [0.29, 0.717) is 18.0 Å². The second-order valence-electron chi connectivity index (χ2n) is 6.53. The number of anilines is 2. The molecule has 2 aromatic rings. The van der Waals surface area contributed by atoms with Crippen molar-refractivity contribution in [3.8, 4) is 5.75 Å². The van der Waals surface area contributed by atoms with Gasteiger partial charge in [-0.05, 0) is 56.2 Å². The van der Waals surface area contributed by atoms with E-state index in [9.17, 15) is 9.59 Å². The molecule has 0 aliphatic carbocycles. The van der Waals surface area contributed by atoms with Crippen molar-refractivity contribution in [1.29, 1.82) is 0 Å². The molecule has 1 aliphatic rings. The van der Waals surface area contributed by atoms with Crippen molar-refractivity contribution in [2.75, 3.05) is 29.9 Å². The summed E-state index contributed by atoms with van der Waals surface area (Å²) in [5.41, 5.74) is 1.77. The molecule has 0 saturated carbocycles. The minimum atomic E-state index is -0.517. The van der Waals surface area contributed by atoms with E-state index in [4.69, 9.17) is 4.74 Å². The molecule has 2 N–H and O–H groups in total. The molecule has 0 spiro atoms. The molecule has 1 fully saturated rings. The Kier molecular flexibility index (Phi) is 6.30. The van der Waals surface area contributed by atoms with Crippen LogP contribution in [0.15, 0.2) is 54.6 Å². The molecule has 2 aromatic carbocycles. The molecule has 0 bridgehead atoms. The van der Waals surface area contributed by atoms with Crippen LogP contribution < -0.4 is 20.3 Å². The first-order valence-electron chi connectivity index (χ1n) is 9.32. The van der Waals surface area contributed by atoms with Gasteiger partial charge in [-0.2, -0.15) is 0 Å². The number of para-hydroxylation sites is 1. The van der Waals surface area contributed by atoms with Crippen molar-refractivity contribution in [2.24, 2.45) is 5.92 Å². The lowest BCUT2D eigenvalue weighted by Crippen LogP contribution is -2.40. The molecule has 0 aromatic heterocycles. The number of nitrogens with one attached hydrogen (secondary N) is 2. The molecule has 2 amide bonds. The van der Waals surface area contributed by atoms with Crippen LogP contribution in [0.3, 0.4) is 0 Å². The molecular formula is C21H25N3O3. The van der Waals surface area contributed by atoms with E-state index in [1.54, 1.807) is 12.1 Å². The van der Waals surface area contributed by atoms with Crippen molar-refractivity contribution in [3.63, 3.8) is 0 Å². The Labute approximate surface area is 159 Å². The van der Waals surface area contributed by atoms with Gasteiger partial charge in [0.15, 0.2) is 0 Å². The largest absolute Gasteiger partial charge is 0.417 e. The summed E-state index contributed by atoms with van der Waals surface area (Å²) in [6.45, 7) is 4.33. The van der Waals surface area contributed by atoms with Crippen LogP contribution >= 0.6 is 0 Å². The second kappa shape index (κ2) is 9.07. The standard InChI is InChI=1S/C21H25N3O3/c1-2-22-20(25)16-12-14-24(15-13-16)18-10-8-17(9-11-18)23-21(26)27-19-6-4-3-5-7-19/h3-11,16H,2,12-15H2,1H3,(H,22,25)(H,23,26). The predicted octanol–water partition coefficient (Wildman–Crippen LogP) is 3.65. The summed E-state index contributed by atoms with van der Waals surface area (Å²) >= 11 is 0. The van der Waals surface area contributed by atoms with Gasteiger partial charge in [0.25, 0.3) is 0 Å². The molecule has 0 unspecified atom stereocenters. The third-order valence-electron chi connectivity index (χ3n) is 4.65. The van der Waals surface area contributed by atoms with Gasteiger partial charge < -0.3 is 15.0 Å².